The number of nitrogens with one attached hydrogen (secondary N) is 1. The first-order valence-corrected chi connectivity index (χ1v) is 8.95. The average molecular weight is 355 g/mol. The summed E-state index contributed by atoms with van der Waals surface area (Å²) in [6.45, 7) is 6.05. The highest BCUT2D eigenvalue weighted by Gasteiger charge is 2.23. The van der Waals surface area contributed by atoms with Gasteiger partial charge in [-0.3, -0.25) is 4.79 Å². The van der Waals surface area contributed by atoms with Crippen molar-refractivity contribution >= 4 is 34.1 Å². The van der Waals surface area contributed by atoms with Gasteiger partial charge in [-0.25, -0.2) is 4.68 Å². The first kappa shape index (κ1) is 17.3. The lowest BCUT2D eigenvalue weighted by Gasteiger charge is -2.16. The van der Waals surface area contributed by atoms with Crippen LogP contribution in [-0.2, 0) is 10.2 Å². The van der Waals surface area contributed by atoms with Gasteiger partial charge >= 0.3 is 0 Å². The third-order valence-corrected chi connectivity index (χ3v) is 4.64. The van der Waals surface area contributed by atoms with Crippen LogP contribution in [0.1, 0.15) is 26.6 Å². The number of carbonyl (C=O) groups excluding carboxylic acids is 1. The largest absolute Gasteiger partial charge is 0.336 e. The Balaban J connectivity index is 1.64. The number of nitrogen functional groups attached to an aromatic ring is 1. The lowest BCUT2D eigenvalue weighted by molar-refractivity contribution is -0.113. The molecule has 0 aliphatic heterocycles. The van der Waals surface area contributed by atoms with Crippen LogP contribution in [0.15, 0.2) is 47.6 Å². The summed E-state index contributed by atoms with van der Waals surface area (Å²) in [7, 11) is 0. The summed E-state index contributed by atoms with van der Waals surface area (Å²) in [6, 6.07) is 13.9. The zero-order valence-electron chi connectivity index (χ0n) is 14.5. The molecule has 2 aromatic carbocycles. The third-order valence-electron chi connectivity index (χ3n) is 3.70. The van der Waals surface area contributed by atoms with Gasteiger partial charge < -0.3 is 11.2 Å². The molecule has 0 aliphatic rings. The standard InChI is InChI=1S/C18H21N5OS/c1-18(2,3)16-21-22-17(23(16)19)25-11-15(24)20-14-9-8-12-6-4-5-7-13(12)10-14/h4-10H,11,19H2,1-3H3,(H,20,24). The van der Waals surface area contributed by atoms with Crippen molar-refractivity contribution in [1.29, 1.82) is 0 Å². The minimum absolute atomic E-state index is 0.111. The molecule has 25 heavy (non-hydrogen) atoms. The number of anilines is 1. The fourth-order valence-electron chi connectivity index (χ4n) is 2.48. The van der Waals surface area contributed by atoms with E-state index < -0.39 is 0 Å². The van der Waals surface area contributed by atoms with Crippen molar-refractivity contribution in [2.24, 2.45) is 0 Å². The number of fused-ring (bicyclic) bond motifs is 1. The molecule has 3 N–H and O–H groups in total. The van der Waals surface area contributed by atoms with E-state index in [9.17, 15) is 4.79 Å². The van der Waals surface area contributed by atoms with Crippen LogP contribution in [0, 0.1) is 0 Å². The van der Waals surface area contributed by atoms with Gasteiger partial charge in [0.2, 0.25) is 11.1 Å². The Morgan fingerprint density at radius 2 is 1.88 bits per heavy atom. The van der Waals surface area contributed by atoms with Gasteiger partial charge in [0.25, 0.3) is 0 Å². The first-order chi connectivity index (χ1) is 11.8. The van der Waals surface area contributed by atoms with E-state index in [0.717, 1.165) is 16.5 Å². The summed E-state index contributed by atoms with van der Waals surface area (Å²) < 4.78 is 1.45. The quantitative estimate of drug-likeness (QED) is 0.554. The molecule has 0 unspecified atom stereocenters. The van der Waals surface area contributed by atoms with E-state index in [2.05, 4.69) is 15.5 Å². The van der Waals surface area contributed by atoms with Gasteiger partial charge in [0, 0.05) is 11.1 Å². The van der Waals surface area contributed by atoms with Crippen LogP contribution in [0.2, 0.25) is 0 Å². The smallest absolute Gasteiger partial charge is 0.234 e. The third kappa shape index (κ3) is 3.93. The number of carbonyl (C=O) groups is 1. The van der Waals surface area contributed by atoms with E-state index in [1.54, 1.807) is 0 Å². The molecule has 0 atom stereocenters. The summed E-state index contributed by atoms with van der Waals surface area (Å²) in [5.41, 5.74) is 0.572. The van der Waals surface area contributed by atoms with E-state index in [0.29, 0.717) is 11.0 Å². The fourth-order valence-corrected chi connectivity index (χ4v) is 3.14. The van der Waals surface area contributed by atoms with Gasteiger partial charge in [0.1, 0.15) is 0 Å². The Hall–Kier alpha value is -2.54. The predicted molar refractivity (Wildman–Crippen MR) is 102 cm³/mol. The van der Waals surface area contributed by atoms with Crippen molar-refractivity contribution in [2.75, 3.05) is 16.9 Å². The lowest BCUT2D eigenvalue weighted by Crippen LogP contribution is -2.24. The fraction of sp³-hybridized carbons (Fsp3) is 0.278. The van der Waals surface area contributed by atoms with Gasteiger partial charge in [-0.05, 0) is 22.9 Å². The number of nitrogens with two attached hydrogens (primary N) is 1. The molecule has 0 spiro atoms. The van der Waals surface area contributed by atoms with Crippen LogP contribution < -0.4 is 11.2 Å². The topological polar surface area (TPSA) is 85.8 Å². The van der Waals surface area contributed by atoms with E-state index >= 15 is 0 Å². The number of hydrogen-bond donors (Lipinski definition) is 2. The molecule has 0 saturated carbocycles. The number of amides is 1. The molecule has 1 amide bonds. The van der Waals surface area contributed by atoms with Crippen LogP contribution in [0.3, 0.4) is 0 Å². The molecule has 6 nitrogen and oxygen atoms in total. The SMILES string of the molecule is CC(C)(C)c1nnc(SCC(=O)Nc2ccc3ccccc3c2)n1N. The highest BCUT2D eigenvalue weighted by Crippen LogP contribution is 2.23. The van der Waals surface area contributed by atoms with Crippen molar-refractivity contribution in [1.82, 2.24) is 14.9 Å². The molecule has 1 aromatic heterocycles. The molecule has 3 aromatic rings. The molecule has 0 aliphatic carbocycles. The monoisotopic (exact) mass is 355 g/mol. The van der Waals surface area contributed by atoms with E-state index in [-0.39, 0.29) is 17.1 Å². The minimum Gasteiger partial charge on any atom is -0.336 e. The molecule has 7 heteroatoms. The Morgan fingerprint density at radius 3 is 2.56 bits per heavy atom. The Bertz CT molecular complexity index is 913. The van der Waals surface area contributed by atoms with Crippen molar-refractivity contribution in [3.63, 3.8) is 0 Å². The van der Waals surface area contributed by atoms with Crippen LogP contribution in [-0.4, -0.2) is 26.5 Å². The maximum absolute atomic E-state index is 12.2. The zero-order chi connectivity index (χ0) is 18.0. The van der Waals surface area contributed by atoms with Gasteiger partial charge in [0.05, 0.1) is 5.75 Å². The van der Waals surface area contributed by atoms with Crippen molar-refractivity contribution in [2.45, 2.75) is 31.3 Å². The lowest BCUT2D eigenvalue weighted by atomic mass is 9.96. The van der Waals surface area contributed by atoms with Crippen LogP contribution in [0.25, 0.3) is 10.8 Å². The summed E-state index contributed by atoms with van der Waals surface area (Å²) in [4.78, 5) is 12.2. The zero-order valence-corrected chi connectivity index (χ0v) is 15.3. The molecule has 3 rings (SSSR count). The predicted octanol–water partition coefficient (Wildman–Crippen LogP) is 3.17. The number of hydrogen-bond acceptors (Lipinski definition) is 5. The second kappa shape index (κ2) is 6.76. The van der Waals surface area contributed by atoms with E-state index in [1.165, 1.54) is 16.4 Å². The summed E-state index contributed by atoms with van der Waals surface area (Å²) in [6.07, 6.45) is 0. The number of nitrogens with zero attached hydrogens (tertiary/aromatic N) is 3. The number of benzene rings is 2. The average Bonchev–Trinajstić information content (AvgIpc) is 2.94. The molecule has 1 heterocycles. The van der Waals surface area contributed by atoms with Crippen molar-refractivity contribution in [3.8, 4) is 0 Å². The Labute approximate surface area is 150 Å². The van der Waals surface area contributed by atoms with Crippen LogP contribution in [0.4, 0.5) is 5.69 Å². The molecular formula is C18H21N5OS. The van der Waals surface area contributed by atoms with Gasteiger partial charge in [-0.15, -0.1) is 10.2 Å². The summed E-state index contributed by atoms with van der Waals surface area (Å²) in [5, 5.41) is 13.8. The molecule has 0 saturated heterocycles. The normalized spacial score (nSPS) is 11.6. The van der Waals surface area contributed by atoms with Crippen LogP contribution in [0.5, 0.6) is 0 Å². The summed E-state index contributed by atoms with van der Waals surface area (Å²) >= 11 is 1.27. The van der Waals surface area contributed by atoms with Crippen LogP contribution >= 0.6 is 11.8 Å². The molecule has 130 valence electrons. The summed E-state index contributed by atoms with van der Waals surface area (Å²) in [5.74, 6) is 6.82. The van der Waals surface area contributed by atoms with E-state index in [1.807, 2.05) is 63.2 Å². The highest BCUT2D eigenvalue weighted by atomic mass is 32.2. The first-order valence-electron chi connectivity index (χ1n) is 7.97. The number of aromatic nitrogens is 3. The maximum atomic E-state index is 12.2. The molecular weight excluding hydrogens is 334 g/mol. The minimum atomic E-state index is -0.200. The van der Waals surface area contributed by atoms with E-state index in [4.69, 9.17) is 5.84 Å². The number of rotatable bonds is 4. The molecule has 0 fully saturated rings. The Kier molecular flexibility index (Phi) is 4.67. The van der Waals surface area contributed by atoms with Gasteiger partial charge in [-0.2, -0.15) is 0 Å². The molecule has 0 radical (unpaired) electrons. The van der Waals surface area contributed by atoms with Gasteiger partial charge in [-0.1, -0.05) is 62.9 Å². The highest BCUT2D eigenvalue weighted by molar-refractivity contribution is 7.99. The van der Waals surface area contributed by atoms with Gasteiger partial charge in [0.15, 0.2) is 5.82 Å². The molecule has 0 bridgehead atoms. The second-order valence-corrected chi connectivity index (χ2v) is 7.77. The number of thioether (sulfide) groups is 1. The van der Waals surface area contributed by atoms with Crippen molar-refractivity contribution < 1.29 is 4.79 Å². The maximum Gasteiger partial charge on any atom is 0.234 e. The Morgan fingerprint density at radius 1 is 1.16 bits per heavy atom. The van der Waals surface area contributed by atoms with Crippen molar-refractivity contribution in [3.05, 3.63) is 48.3 Å². The second-order valence-electron chi connectivity index (χ2n) is 6.82.